The van der Waals surface area contributed by atoms with E-state index in [-0.39, 0.29) is 0 Å². The third-order valence-corrected chi connectivity index (χ3v) is 2.62. The van der Waals surface area contributed by atoms with Gasteiger partial charge in [0.05, 0.1) is 10.2 Å². The predicted octanol–water partition coefficient (Wildman–Crippen LogP) is 2.76. The van der Waals surface area contributed by atoms with E-state index in [4.69, 9.17) is 0 Å². The molecule has 0 saturated carbocycles. The Hall–Kier alpha value is -0.700. The highest BCUT2D eigenvalue weighted by atomic mass is 79.9. The van der Waals surface area contributed by atoms with Crippen molar-refractivity contribution < 1.29 is 5.11 Å². The Labute approximate surface area is 80.7 Å². The highest BCUT2D eigenvalue weighted by Crippen LogP contribution is 2.32. The maximum absolute atomic E-state index is 9.46. The van der Waals surface area contributed by atoms with Gasteiger partial charge < -0.3 is 10.4 Å². The molecule has 1 aromatic rings. The second kappa shape index (κ2) is 3.81. The molecular weight excluding hydrogens is 218 g/mol. The largest absolute Gasteiger partial charge is 0.507 e. The third-order valence-electron chi connectivity index (χ3n) is 1.79. The first-order valence-corrected chi connectivity index (χ1v) is 4.67. The standard InChI is InChI=1S/C9H12BrNO/c1-3-6-4-7(11-2)9(10)8(12)5-6/h4-5,11-12H,3H2,1-2H3. The summed E-state index contributed by atoms with van der Waals surface area (Å²) in [6.45, 7) is 2.06. The number of hydrogen-bond acceptors (Lipinski definition) is 2. The summed E-state index contributed by atoms with van der Waals surface area (Å²) in [7, 11) is 1.83. The van der Waals surface area contributed by atoms with E-state index in [0.29, 0.717) is 5.75 Å². The number of halogens is 1. The lowest BCUT2D eigenvalue weighted by molar-refractivity contribution is 0.471. The average molecular weight is 230 g/mol. The normalized spacial score (nSPS) is 9.92. The fourth-order valence-electron chi connectivity index (χ4n) is 1.05. The molecule has 0 aliphatic carbocycles. The van der Waals surface area contributed by atoms with E-state index < -0.39 is 0 Å². The number of rotatable bonds is 2. The Kier molecular flexibility index (Phi) is 2.98. The zero-order valence-electron chi connectivity index (χ0n) is 7.19. The van der Waals surface area contributed by atoms with Gasteiger partial charge in [-0.1, -0.05) is 6.92 Å². The van der Waals surface area contributed by atoms with Gasteiger partial charge in [0, 0.05) is 7.05 Å². The zero-order valence-corrected chi connectivity index (χ0v) is 8.77. The molecule has 0 unspecified atom stereocenters. The highest BCUT2D eigenvalue weighted by molar-refractivity contribution is 9.10. The van der Waals surface area contributed by atoms with Crippen LogP contribution >= 0.6 is 15.9 Å². The highest BCUT2D eigenvalue weighted by Gasteiger charge is 2.04. The summed E-state index contributed by atoms with van der Waals surface area (Å²) in [6, 6.07) is 3.79. The van der Waals surface area contributed by atoms with Gasteiger partial charge in [0.1, 0.15) is 5.75 Å². The molecule has 12 heavy (non-hydrogen) atoms. The molecule has 0 bridgehead atoms. The summed E-state index contributed by atoms with van der Waals surface area (Å²) in [5, 5.41) is 12.5. The Bertz CT molecular complexity index is 286. The first-order valence-electron chi connectivity index (χ1n) is 3.88. The van der Waals surface area contributed by atoms with Gasteiger partial charge in [-0.3, -0.25) is 0 Å². The fourth-order valence-corrected chi connectivity index (χ4v) is 1.48. The number of benzene rings is 1. The van der Waals surface area contributed by atoms with Crippen LogP contribution in [0.15, 0.2) is 16.6 Å². The quantitative estimate of drug-likeness (QED) is 0.818. The molecule has 0 saturated heterocycles. The lowest BCUT2D eigenvalue weighted by Gasteiger charge is -2.07. The predicted molar refractivity (Wildman–Crippen MR) is 54.7 cm³/mol. The van der Waals surface area contributed by atoms with Gasteiger partial charge in [-0.05, 0) is 40.0 Å². The summed E-state index contributed by atoms with van der Waals surface area (Å²) < 4.78 is 0.724. The minimum absolute atomic E-state index is 0.290. The molecule has 2 nitrogen and oxygen atoms in total. The van der Waals surface area contributed by atoms with E-state index in [1.807, 2.05) is 13.1 Å². The van der Waals surface area contributed by atoms with Crippen LogP contribution in [0.2, 0.25) is 0 Å². The Morgan fingerprint density at radius 1 is 1.50 bits per heavy atom. The van der Waals surface area contributed by atoms with Crippen molar-refractivity contribution in [3.63, 3.8) is 0 Å². The molecule has 0 aliphatic rings. The first kappa shape index (κ1) is 9.39. The second-order valence-electron chi connectivity index (χ2n) is 2.58. The third kappa shape index (κ3) is 1.72. The van der Waals surface area contributed by atoms with Crippen LogP contribution in [0.25, 0.3) is 0 Å². The molecule has 0 radical (unpaired) electrons. The van der Waals surface area contributed by atoms with Crippen molar-refractivity contribution in [2.45, 2.75) is 13.3 Å². The monoisotopic (exact) mass is 229 g/mol. The summed E-state index contributed by atoms with van der Waals surface area (Å²) in [4.78, 5) is 0. The minimum atomic E-state index is 0.290. The molecule has 0 atom stereocenters. The van der Waals surface area contributed by atoms with Crippen molar-refractivity contribution in [3.05, 3.63) is 22.2 Å². The minimum Gasteiger partial charge on any atom is -0.507 e. The van der Waals surface area contributed by atoms with Gasteiger partial charge in [-0.25, -0.2) is 0 Å². The molecule has 0 heterocycles. The van der Waals surface area contributed by atoms with E-state index in [1.165, 1.54) is 0 Å². The van der Waals surface area contributed by atoms with Crippen molar-refractivity contribution >= 4 is 21.6 Å². The van der Waals surface area contributed by atoms with Crippen LogP contribution in [-0.2, 0) is 6.42 Å². The number of hydrogen-bond donors (Lipinski definition) is 2. The lowest BCUT2D eigenvalue weighted by Crippen LogP contribution is -1.91. The molecule has 0 aliphatic heterocycles. The SMILES string of the molecule is CCc1cc(O)c(Br)c(NC)c1. The lowest BCUT2D eigenvalue weighted by atomic mass is 10.1. The molecule has 0 amide bonds. The molecule has 1 rings (SSSR count). The molecule has 2 N–H and O–H groups in total. The van der Waals surface area contributed by atoms with Gasteiger partial charge in [-0.2, -0.15) is 0 Å². The van der Waals surface area contributed by atoms with Crippen molar-refractivity contribution in [1.82, 2.24) is 0 Å². The topological polar surface area (TPSA) is 32.3 Å². The van der Waals surface area contributed by atoms with Crippen molar-refractivity contribution in [2.24, 2.45) is 0 Å². The molecular formula is C9H12BrNO. The Balaban J connectivity index is 3.19. The summed E-state index contributed by atoms with van der Waals surface area (Å²) in [5.74, 6) is 0.290. The molecule has 0 fully saturated rings. The number of nitrogens with one attached hydrogen (secondary N) is 1. The van der Waals surface area contributed by atoms with Crippen LogP contribution in [0, 0.1) is 0 Å². The van der Waals surface area contributed by atoms with E-state index in [1.54, 1.807) is 6.07 Å². The molecule has 0 spiro atoms. The van der Waals surface area contributed by atoms with Crippen molar-refractivity contribution in [2.75, 3.05) is 12.4 Å². The smallest absolute Gasteiger partial charge is 0.132 e. The van der Waals surface area contributed by atoms with Crippen LogP contribution in [0.1, 0.15) is 12.5 Å². The average Bonchev–Trinajstić information content (AvgIpc) is 2.09. The fraction of sp³-hybridized carbons (Fsp3) is 0.333. The van der Waals surface area contributed by atoms with Gasteiger partial charge >= 0.3 is 0 Å². The van der Waals surface area contributed by atoms with Gasteiger partial charge in [-0.15, -0.1) is 0 Å². The van der Waals surface area contributed by atoms with Crippen LogP contribution in [-0.4, -0.2) is 12.2 Å². The number of phenolic OH excluding ortho intramolecular Hbond substituents is 1. The molecule has 0 aromatic heterocycles. The van der Waals surface area contributed by atoms with Gasteiger partial charge in [0.2, 0.25) is 0 Å². The van der Waals surface area contributed by atoms with E-state index in [9.17, 15) is 5.11 Å². The van der Waals surface area contributed by atoms with Gasteiger partial charge in [0.15, 0.2) is 0 Å². The van der Waals surface area contributed by atoms with Crippen LogP contribution in [0.5, 0.6) is 5.75 Å². The number of phenols is 1. The number of aryl methyl sites for hydroxylation is 1. The van der Waals surface area contributed by atoms with Crippen LogP contribution in [0.4, 0.5) is 5.69 Å². The summed E-state index contributed by atoms with van der Waals surface area (Å²) in [6.07, 6.45) is 0.926. The number of aromatic hydroxyl groups is 1. The summed E-state index contributed by atoms with van der Waals surface area (Å²) in [5.41, 5.74) is 2.05. The zero-order chi connectivity index (χ0) is 9.14. The van der Waals surface area contributed by atoms with E-state index >= 15 is 0 Å². The summed E-state index contributed by atoms with van der Waals surface area (Å²) >= 11 is 3.29. The van der Waals surface area contributed by atoms with Crippen molar-refractivity contribution in [1.29, 1.82) is 0 Å². The van der Waals surface area contributed by atoms with Crippen LogP contribution < -0.4 is 5.32 Å². The Morgan fingerprint density at radius 2 is 2.17 bits per heavy atom. The Morgan fingerprint density at radius 3 is 2.67 bits per heavy atom. The van der Waals surface area contributed by atoms with E-state index in [2.05, 4.69) is 28.2 Å². The van der Waals surface area contributed by atoms with E-state index in [0.717, 1.165) is 22.1 Å². The maximum Gasteiger partial charge on any atom is 0.132 e. The van der Waals surface area contributed by atoms with Gasteiger partial charge in [0.25, 0.3) is 0 Å². The maximum atomic E-state index is 9.46. The van der Waals surface area contributed by atoms with Crippen molar-refractivity contribution in [3.8, 4) is 5.75 Å². The number of anilines is 1. The molecule has 1 aromatic carbocycles. The molecule has 3 heteroatoms. The molecule has 66 valence electrons. The first-order chi connectivity index (χ1) is 5.69. The second-order valence-corrected chi connectivity index (χ2v) is 3.37. The van der Waals surface area contributed by atoms with Crippen LogP contribution in [0.3, 0.4) is 0 Å².